The number of hydrogen-bond acceptors (Lipinski definition) is 4. The molecule has 6 heteroatoms. The van der Waals surface area contributed by atoms with E-state index in [1.165, 1.54) is 18.2 Å². The van der Waals surface area contributed by atoms with Gasteiger partial charge in [-0.1, -0.05) is 13.8 Å². The van der Waals surface area contributed by atoms with E-state index in [2.05, 4.69) is 19.2 Å². The molecule has 0 aliphatic heterocycles. The molecule has 3 N–H and O–H groups in total. The smallest absolute Gasteiger partial charge is 0.238 e. The molecule has 0 bridgehead atoms. The highest BCUT2D eigenvalue weighted by atomic mass is 19.1. The maximum absolute atomic E-state index is 13.6. The summed E-state index contributed by atoms with van der Waals surface area (Å²) in [5, 5.41) is 2.55. The van der Waals surface area contributed by atoms with Gasteiger partial charge in [0.15, 0.2) is 0 Å². The van der Waals surface area contributed by atoms with Gasteiger partial charge in [-0.3, -0.25) is 9.69 Å². The van der Waals surface area contributed by atoms with E-state index in [9.17, 15) is 9.18 Å². The first-order valence-corrected chi connectivity index (χ1v) is 6.98. The minimum Gasteiger partial charge on any atom is -0.399 e. The predicted molar refractivity (Wildman–Crippen MR) is 82.6 cm³/mol. The number of carbonyl (C=O) groups is 1. The summed E-state index contributed by atoms with van der Waals surface area (Å²) in [6.45, 7) is 6.32. The zero-order valence-electron chi connectivity index (χ0n) is 12.9. The molecule has 0 aliphatic rings. The van der Waals surface area contributed by atoms with Gasteiger partial charge >= 0.3 is 0 Å². The first kappa shape index (κ1) is 17.4. The van der Waals surface area contributed by atoms with Crippen LogP contribution in [-0.4, -0.2) is 44.2 Å². The van der Waals surface area contributed by atoms with E-state index in [4.69, 9.17) is 10.5 Å². The first-order valence-electron chi connectivity index (χ1n) is 6.98. The molecule has 0 spiro atoms. The van der Waals surface area contributed by atoms with Crippen LogP contribution in [0.3, 0.4) is 0 Å². The number of nitrogens with one attached hydrogen (secondary N) is 1. The van der Waals surface area contributed by atoms with Crippen LogP contribution in [0.1, 0.15) is 13.8 Å². The third kappa shape index (κ3) is 6.55. The number of rotatable bonds is 8. The second-order valence-corrected chi connectivity index (χ2v) is 5.41. The Labute approximate surface area is 125 Å². The molecule has 1 aromatic carbocycles. The molecule has 1 aromatic rings. The number of anilines is 2. The summed E-state index contributed by atoms with van der Waals surface area (Å²) in [5.74, 6) is -0.333. The Morgan fingerprint density at radius 3 is 2.81 bits per heavy atom. The lowest BCUT2D eigenvalue weighted by atomic mass is 10.2. The Morgan fingerprint density at radius 2 is 2.19 bits per heavy atom. The van der Waals surface area contributed by atoms with Crippen molar-refractivity contribution in [1.29, 1.82) is 0 Å². The lowest BCUT2D eigenvalue weighted by molar-refractivity contribution is -0.117. The molecule has 0 saturated heterocycles. The Morgan fingerprint density at radius 1 is 1.48 bits per heavy atom. The van der Waals surface area contributed by atoms with Crippen LogP contribution in [0.4, 0.5) is 15.8 Å². The third-order valence-electron chi connectivity index (χ3n) is 2.87. The van der Waals surface area contributed by atoms with Gasteiger partial charge in [0.25, 0.3) is 0 Å². The minimum atomic E-state index is -0.496. The van der Waals surface area contributed by atoms with Crippen molar-refractivity contribution in [2.75, 3.05) is 44.4 Å². The topological polar surface area (TPSA) is 67.6 Å². The molecule has 0 aromatic heterocycles. The molecule has 1 amide bonds. The fraction of sp³-hybridized carbons (Fsp3) is 0.533. The first-order chi connectivity index (χ1) is 9.92. The highest BCUT2D eigenvalue weighted by Gasteiger charge is 2.13. The van der Waals surface area contributed by atoms with Gasteiger partial charge in [0.2, 0.25) is 5.91 Å². The van der Waals surface area contributed by atoms with Gasteiger partial charge in [-0.15, -0.1) is 0 Å². The van der Waals surface area contributed by atoms with Crippen molar-refractivity contribution in [2.45, 2.75) is 13.8 Å². The number of carbonyl (C=O) groups excluding carboxylic acids is 1. The van der Waals surface area contributed by atoms with Crippen molar-refractivity contribution < 1.29 is 13.9 Å². The number of nitrogens with two attached hydrogens (primary N) is 1. The molecular weight excluding hydrogens is 273 g/mol. The maximum Gasteiger partial charge on any atom is 0.238 e. The van der Waals surface area contributed by atoms with Gasteiger partial charge < -0.3 is 15.8 Å². The van der Waals surface area contributed by atoms with Gasteiger partial charge in [-0.25, -0.2) is 4.39 Å². The van der Waals surface area contributed by atoms with Crippen LogP contribution in [0.25, 0.3) is 0 Å². The molecule has 0 aliphatic carbocycles. The number of nitrogens with zero attached hydrogens (tertiary/aromatic N) is 1. The van der Waals surface area contributed by atoms with Gasteiger partial charge in [0.1, 0.15) is 5.82 Å². The van der Waals surface area contributed by atoms with Gasteiger partial charge in [-0.2, -0.15) is 0 Å². The molecule has 0 fully saturated rings. The summed E-state index contributed by atoms with van der Waals surface area (Å²) < 4.78 is 18.6. The molecule has 21 heavy (non-hydrogen) atoms. The lowest BCUT2D eigenvalue weighted by Gasteiger charge is -2.23. The molecule has 0 saturated carbocycles. The SMILES string of the molecule is COCCN(CC(=O)Nc1cc(N)ccc1F)CC(C)C. The van der Waals surface area contributed by atoms with Crippen LogP contribution in [0, 0.1) is 11.7 Å². The summed E-state index contributed by atoms with van der Waals surface area (Å²) in [4.78, 5) is 14.0. The summed E-state index contributed by atoms with van der Waals surface area (Å²) in [7, 11) is 1.62. The number of benzene rings is 1. The fourth-order valence-electron chi connectivity index (χ4n) is 2.00. The second kappa shape index (κ2) is 8.59. The van der Waals surface area contributed by atoms with E-state index >= 15 is 0 Å². The van der Waals surface area contributed by atoms with Crippen molar-refractivity contribution in [2.24, 2.45) is 5.92 Å². The van der Waals surface area contributed by atoms with E-state index in [0.29, 0.717) is 24.8 Å². The number of ether oxygens (including phenoxy) is 1. The molecule has 0 unspecified atom stereocenters. The van der Waals surface area contributed by atoms with E-state index in [0.717, 1.165) is 6.54 Å². The average molecular weight is 297 g/mol. The van der Waals surface area contributed by atoms with Crippen molar-refractivity contribution in [3.8, 4) is 0 Å². The Balaban J connectivity index is 2.62. The molecule has 0 heterocycles. The number of halogens is 1. The van der Waals surface area contributed by atoms with Crippen molar-refractivity contribution in [3.05, 3.63) is 24.0 Å². The highest BCUT2D eigenvalue weighted by Crippen LogP contribution is 2.17. The molecule has 0 radical (unpaired) electrons. The zero-order chi connectivity index (χ0) is 15.8. The summed E-state index contributed by atoms with van der Waals surface area (Å²) in [6.07, 6.45) is 0. The number of hydrogen-bond donors (Lipinski definition) is 2. The van der Waals surface area contributed by atoms with Crippen LogP contribution in [0.5, 0.6) is 0 Å². The van der Waals surface area contributed by atoms with Crippen LogP contribution < -0.4 is 11.1 Å². The van der Waals surface area contributed by atoms with Crippen LogP contribution in [0.15, 0.2) is 18.2 Å². The minimum absolute atomic E-state index is 0.108. The highest BCUT2D eigenvalue weighted by molar-refractivity contribution is 5.92. The summed E-state index contributed by atoms with van der Waals surface area (Å²) >= 11 is 0. The lowest BCUT2D eigenvalue weighted by Crippen LogP contribution is -2.37. The zero-order valence-corrected chi connectivity index (χ0v) is 12.9. The van der Waals surface area contributed by atoms with Crippen LogP contribution in [0.2, 0.25) is 0 Å². The standard InChI is InChI=1S/C15H24FN3O2/c1-11(2)9-19(6-7-21-3)10-15(20)18-14-8-12(17)4-5-13(14)16/h4-5,8,11H,6-7,9-10,17H2,1-3H3,(H,18,20). The number of methoxy groups -OCH3 is 1. The van der Waals surface area contributed by atoms with Gasteiger partial charge in [0, 0.05) is 25.9 Å². The monoisotopic (exact) mass is 297 g/mol. The van der Waals surface area contributed by atoms with E-state index in [1.807, 2.05) is 4.90 Å². The summed E-state index contributed by atoms with van der Waals surface area (Å²) in [6, 6.07) is 4.10. The Hall–Kier alpha value is -1.66. The van der Waals surface area contributed by atoms with E-state index in [-0.39, 0.29) is 18.1 Å². The van der Waals surface area contributed by atoms with E-state index < -0.39 is 5.82 Å². The quantitative estimate of drug-likeness (QED) is 0.720. The molecule has 5 nitrogen and oxygen atoms in total. The van der Waals surface area contributed by atoms with Crippen LogP contribution in [-0.2, 0) is 9.53 Å². The number of amides is 1. The van der Waals surface area contributed by atoms with Gasteiger partial charge in [0.05, 0.1) is 18.8 Å². The normalized spacial score (nSPS) is 11.1. The largest absolute Gasteiger partial charge is 0.399 e. The van der Waals surface area contributed by atoms with Crippen LogP contribution >= 0.6 is 0 Å². The average Bonchev–Trinajstić information content (AvgIpc) is 2.39. The predicted octanol–water partition coefficient (Wildman–Crippen LogP) is 1.95. The Kier molecular flexibility index (Phi) is 7.11. The van der Waals surface area contributed by atoms with Crippen molar-refractivity contribution >= 4 is 17.3 Å². The molecular formula is C15H24FN3O2. The Bertz CT molecular complexity index is 466. The van der Waals surface area contributed by atoms with Crippen molar-refractivity contribution in [3.63, 3.8) is 0 Å². The van der Waals surface area contributed by atoms with E-state index in [1.54, 1.807) is 7.11 Å². The summed E-state index contributed by atoms with van der Waals surface area (Å²) in [5.41, 5.74) is 6.11. The van der Waals surface area contributed by atoms with Gasteiger partial charge in [-0.05, 0) is 24.1 Å². The van der Waals surface area contributed by atoms with Crippen molar-refractivity contribution in [1.82, 2.24) is 4.90 Å². The third-order valence-corrected chi connectivity index (χ3v) is 2.87. The molecule has 0 atom stereocenters. The number of nitrogen functional groups attached to an aromatic ring is 1. The molecule has 118 valence electrons. The second-order valence-electron chi connectivity index (χ2n) is 5.41. The fourth-order valence-corrected chi connectivity index (χ4v) is 2.00. The maximum atomic E-state index is 13.6. The molecule has 1 rings (SSSR count).